The van der Waals surface area contributed by atoms with Crippen LogP contribution >= 0.6 is 11.3 Å². The van der Waals surface area contributed by atoms with Gasteiger partial charge in [-0.15, -0.1) is 11.3 Å². The molecule has 0 fully saturated rings. The number of aromatic nitrogens is 1. The van der Waals surface area contributed by atoms with Crippen LogP contribution in [0.1, 0.15) is 21.7 Å². The minimum absolute atomic E-state index is 0.0645. The van der Waals surface area contributed by atoms with Crippen LogP contribution in [0.5, 0.6) is 0 Å². The first-order chi connectivity index (χ1) is 12.4. The van der Waals surface area contributed by atoms with Crippen LogP contribution in [-0.4, -0.2) is 31.2 Å². The molecular weight excluding hydrogens is 368 g/mol. The zero-order chi connectivity index (χ0) is 18.7. The molecule has 1 aromatic carbocycles. The largest absolute Gasteiger partial charge is 0.351 e. The molecule has 7 heteroatoms. The van der Waals surface area contributed by atoms with E-state index in [0.717, 1.165) is 16.4 Å². The van der Waals surface area contributed by atoms with Crippen molar-refractivity contribution in [1.82, 2.24) is 9.88 Å². The van der Waals surface area contributed by atoms with Gasteiger partial charge in [-0.2, -0.15) is 0 Å². The molecule has 1 N–H and O–H groups in total. The van der Waals surface area contributed by atoms with Gasteiger partial charge in [0.1, 0.15) is 5.00 Å². The maximum absolute atomic E-state index is 12.6. The van der Waals surface area contributed by atoms with Gasteiger partial charge >= 0.3 is 0 Å². The number of thiophene rings is 1. The molecule has 5 nitrogen and oxygen atoms in total. The van der Waals surface area contributed by atoms with Crippen LogP contribution in [0, 0.1) is 13.8 Å². The Morgan fingerprint density at radius 3 is 2.35 bits per heavy atom. The summed E-state index contributed by atoms with van der Waals surface area (Å²) in [6.07, 6.45) is 0. The number of hydrogen-bond donors (Lipinski definition) is 1. The third-order valence-corrected chi connectivity index (χ3v) is 6.75. The Morgan fingerprint density at radius 2 is 1.69 bits per heavy atom. The Bertz CT molecular complexity index is 999. The lowest BCUT2D eigenvalue weighted by Gasteiger charge is -2.11. The van der Waals surface area contributed by atoms with Gasteiger partial charge in [-0.1, -0.05) is 18.2 Å². The van der Waals surface area contributed by atoms with Crippen molar-refractivity contribution >= 4 is 27.1 Å². The first kappa shape index (κ1) is 18.4. The van der Waals surface area contributed by atoms with Gasteiger partial charge in [0.15, 0.2) is 9.84 Å². The lowest BCUT2D eigenvalue weighted by Crippen LogP contribution is -2.29. The molecule has 2 heterocycles. The van der Waals surface area contributed by atoms with E-state index in [4.69, 9.17) is 0 Å². The van der Waals surface area contributed by atoms with Crippen LogP contribution in [0.15, 0.2) is 58.8 Å². The molecule has 0 saturated heterocycles. The monoisotopic (exact) mass is 388 g/mol. The summed E-state index contributed by atoms with van der Waals surface area (Å²) in [5.74, 6) is -0.402. The smallest absolute Gasteiger partial charge is 0.254 e. The Labute approximate surface area is 157 Å². The zero-order valence-corrected chi connectivity index (χ0v) is 16.2. The molecule has 2 aromatic heterocycles. The molecule has 0 atom stereocenters. The van der Waals surface area contributed by atoms with Crippen LogP contribution in [0.2, 0.25) is 0 Å². The van der Waals surface area contributed by atoms with Gasteiger partial charge in [-0.25, -0.2) is 8.42 Å². The Kier molecular flexibility index (Phi) is 5.29. The third kappa shape index (κ3) is 3.73. The van der Waals surface area contributed by atoms with E-state index in [1.54, 1.807) is 36.4 Å². The summed E-state index contributed by atoms with van der Waals surface area (Å²) in [6.45, 7) is 4.04. The molecule has 0 aliphatic carbocycles. The lowest BCUT2D eigenvalue weighted by molar-refractivity contribution is 0.0956. The summed E-state index contributed by atoms with van der Waals surface area (Å²) in [7, 11) is -3.41. The van der Waals surface area contributed by atoms with Crippen molar-refractivity contribution in [3.63, 3.8) is 0 Å². The topological polar surface area (TPSA) is 68.2 Å². The van der Waals surface area contributed by atoms with Gasteiger partial charge < -0.3 is 9.88 Å². The van der Waals surface area contributed by atoms with E-state index in [-0.39, 0.29) is 23.1 Å². The van der Waals surface area contributed by atoms with E-state index in [9.17, 15) is 13.2 Å². The molecule has 3 rings (SSSR count). The second-order valence-electron chi connectivity index (χ2n) is 5.98. The number of rotatable bonds is 6. The number of nitrogens with zero attached hydrogens (tertiary/aromatic N) is 1. The zero-order valence-electron chi connectivity index (χ0n) is 14.6. The van der Waals surface area contributed by atoms with Crippen molar-refractivity contribution in [2.24, 2.45) is 0 Å². The van der Waals surface area contributed by atoms with Crippen molar-refractivity contribution in [3.8, 4) is 5.00 Å². The summed E-state index contributed by atoms with van der Waals surface area (Å²) in [6, 6.07) is 14.0. The average Bonchev–Trinajstić information content (AvgIpc) is 3.22. The second-order valence-corrected chi connectivity index (χ2v) is 8.98. The molecule has 3 aromatic rings. The van der Waals surface area contributed by atoms with Crippen LogP contribution in [0.3, 0.4) is 0 Å². The molecule has 0 saturated carbocycles. The van der Waals surface area contributed by atoms with Crippen LogP contribution in [0.25, 0.3) is 5.00 Å². The fourth-order valence-electron chi connectivity index (χ4n) is 2.78. The predicted molar refractivity (Wildman–Crippen MR) is 104 cm³/mol. The Hall–Kier alpha value is -2.38. The highest BCUT2D eigenvalue weighted by Gasteiger charge is 2.18. The minimum Gasteiger partial charge on any atom is -0.351 e. The van der Waals surface area contributed by atoms with Crippen LogP contribution < -0.4 is 5.32 Å². The van der Waals surface area contributed by atoms with E-state index >= 15 is 0 Å². The van der Waals surface area contributed by atoms with Gasteiger partial charge in [0.25, 0.3) is 5.91 Å². The molecular formula is C19H20N2O3S2. The molecule has 26 heavy (non-hydrogen) atoms. The average molecular weight is 389 g/mol. The number of amides is 1. The molecule has 0 aliphatic heterocycles. The summed E-state index contributed by atoms with van der Waals surface area (Å²) in [4.78, 5) is 12.8. The summed E-state index contributed by atoms with van der Waals surface area (Å²) >= 11 is 1.48. The quantitative estimate of drug-likeness (QED) is 0.704. The van der Waals surface area contributed by atoms with E-state index in [1.165, 1.54) is 11.3 Å². The van der Waals surface area contributed by atoms with Crippen molar-refractivity contribution in [2.75, 3.05) is 12.3 Å². The van der Waals surface area contributed by atoms with Crippen molar-refractivity contribution < 1.29 is 13.2 Å². The molecule has 136 valence electrons. The third-order valence-electron chi connectivity index (χ3n) is 4.12. The van der Waals surface area contributed by atoms with Crippen molar-refractivity contribution in [3.05, 3.63) is 70.9 Å². The number of benzene rings is 1. The fraction of sp³-hybridized carbons (Fsp3) is 0.211. The van der Waals surface area contributed by atoms with E-state index in [1.807, 2.05) is 35.9 Å². The maximum atomic E-state index is 12.6. The highest BCUT2D eigenvalue weighted by molar-refractivity contribution is 7.91. The molecule has 0 aliphatic rings. The maximum Gasteiger partial charge on any atom is 0.254 e. The van der Waals surface area contributed by atoms with Gasteiger partial charge in [-0.3, -0.25) is 4.79 Å². The fourth-order valence-corrected chi connectivity index (χ4v) is 4.97. The summed E-state index contributed by atoms with van der Waals surface area (Å²) in [5.41, 5.74) is 2.64. The van der Waals surface area contributed by atoms with E-state index in [2.05, 4.69) is 5.32 Å². The SMILES string of the molecule is Cc1ccc(C)n1-c1sccc1C(=O)NCCS(=O)(=O)c1ccccc1. The van der Waals surface area contributed by atoms with Crippen LogP contribution in [0.4, 0.5) is 0 Å². The number of carbonyl (C=O) groups is 1. The van der Waals surface area contributed by atoms with E-state index in [0.29, 0.717) is 5.56 Å². The number of carbonyl (C=O) groups excluding carboxylic acids is 1. The highest BCUT2D eigenvalue weighted by atomic mass is 32.2. The second kappa shape index (κ2) is 7.47. The normalized spacial score (nSPS) is 11.5. The lowest BCUT2D eigenvalue weighted by atomic mass is 10.3. The number of aryl methyl sites for hydroxylation is 2. The van der Waals surface area contributed by atoms with Gasteiger partial charge in [0.05, 0.1) is 16.2 Å². The first-order valence-electron chi connectivity index (χ1n) is 8.19. The van der Waals surface area contributed by atoms with E-state index < -0.39 is 9.84 Å². The molecule has 0 spiro atoms. The van der Waals surface area contributed by atoms with Crippen LogP contribution in [-0.2, 0) is 9.84 Å². The van der Waals surface area contributed by atoms with Gasteiger partial charge in [-0.05, 0) is 49.6 Å². The molecule has 0 radical (unpaired) electrons. The Balaban J connectivity index is 1.70. The number of hydrogen-bond acceptors (Lipinski definition) is 4. The van der Waals surface area contributed by atoms with Gasteiger partial charge in [0.2, 0.25) is 0 Å². The first-order valence-corrected chi connectivity index (χ1v) is 10.7. The summed E-state index contributed by atoms with van der Waals surface area (Å²) < 4.78 is 26.6. The molecule has 0 bridgehead atoms. The number of nitrogens with one attached hydrogen (secondary N) is 1. The van der Waals surface area contributed by atoms with Gasteiger partial charge in [0, 0.05) is 17.9 Å². The van der Waals surface area contributed by atoms with Crippen molar-refractivity contribution in [1.29, 1.82) is 0 Å². The van der Waals surface area contributed by atoms with Crippen molar-refractivity contribution in [2.45, 2.75) is 18.7 Å². The minimum atomic E-state index is -3.41. The molecule has 1 amide bonds. The number of sulfone groups is 1. The molecule has 0 unspecified atom stereocenters. The highest BCUT2D eigenvalue weighted by Crippen LogP contribution is 2.25. The standard InChI is InChI=1S/C19H20N2O3S2/c1-14-8-9-15(2)21(14)19-17(10-12-25-19)18(22)20-11-13-26(23,24)16-6-4-3-5-7-16/h3-10,12H,11,13H2,1-2H3,(H,20,22). The predicted octanol–water partition coefficient (Wildman–Crippen LogP) is 3.36. The Morgan fingerprint density at radius 1 is 1.04 bits per heavy atom. The summed E-state index contributed by atoms with van der Waals surface area (Å²) in [5, 5.41) is 5.43.